The summed E-state index contributed by atoms with van der Waals surface area (Å²) in [5, 5.41) is 0. The molecule has 1 saturated carbocycles. The third-order valence-corrected chi connectivity index (χ3v) is 7.91. The Morgan fingerprint density at radius 2 is 1.64 bits per heavy atom. The first kappa shape index (κ1) is 18.7. The second-order valence-electron chi connectivity index (χ2n) is 8.50. The summed E-state index contributed by atoms with van der Waals surface area (Å²) in [4.78, 5) is 0.399. The highest BCUT2D eigenvalue weighted by Crippen LogP contribution is 2.45. The van der Waals surface area contributed by atoms with Crippen molar-refractivity contribution in [2.45, 2.75) is 75.6 Å². The van der Waals surface area contributed by atoms with Gasteiger partial charge in [0.2, 0.25) is 10.0 Å². The fourth-order valence-electron chi connectivity index (χ4n) is 3.75. The summed E-state index contributed by atoms with van der Waals surface area (Å²) < 4.78 is 28.0. The molecule has 1 unspecified atom stereocenters. The average molecular weight is 376 g/mol. The van der Waals surface area contributed by atoms with Crippen molar-refractivity contribution < 1.29 is 8.42 Å². The van der Waals surface area contributed by atoms with Crippen molar-refractivity contribution in [3.05, 3.63) is 29.8 Å². The zero-order valence-corrected chi connectivity index (χ0v) is 17.6. The van der Waals surface area contributed by atoms with Crippen LogP contribution in [0.25, 0.3) is 0 Å². The predicted octanol–water partition coefficient (Wildman–Crippen LogP) is 4.20. The van der Waals surface area contributed by atoms with Crippen LogP contribution in [-0.2, 0) is 10.0 Å². The molecule has 1 aromatic rings. The molecule has 1 aliphatic heterocycles. The van der Waals surface area contributed by atoms with Gasteiger partial charge in [-0.2, -0.15) is 4.31 Å². The molecular weight excluding hydrogens is 346 g/mol. The van der Waals surface area contributed by atoms with E-state index in [0.29, 0.717) is 10.8 Å². The minimum absolute atomic E-state index is 0.0791. The van der Waals surface area contributed by atoms with Crippen LogP contribution in [-0.4, -0.2) is 32.9 Å². The van der Waals surface area contributed by atoms with E-state index in [9.17, 15) is 8.42 Å². The predicted molar refractivity (Wildman–Crippen MR) is 105 cm³/mol. The first-order chi connectivity index (χ1) is 11.7. The monoisotopic (exact) mass is 375 g/mol. The van der Waals surface area contributed by atoms with Crippen molar-refractivity contribution in [2.75, 3.05) is 0 Å². The molecule has 1 heterocycles. The van der Waals surface area contributed by atoms with Crippen molar-refractivity contribution in [1.82, 2.24) is 4.31 Å². The first-order valence-electron chi connectivity index (χ1n) is 9.33. The fourth-order valence-corrected chi connectivity index (χ4v) is 6.09. The van der Waals surface area contributed by atoms with Crippen molar-refractivity contribution >= 4 is 18.1 Å². The largest absolute Gasteiger partial charge is 0.244 e. The molecule has 0 spiro atoms. The van der Waals surface area contributed by atoms with Gasteiger partial charge in [-0.1, -0.05) is 62.5 Å². The standard InChI is InChI=1S/C20H29NO2SSi/c1-16-10-12-18(13-11-16)24(22,23)21-19(14-15-25(2,3)4)20(21)17-8-6-5-7-9-17/h10-13,17,19-20H,5-9H2,1-4H3/t19-,20-,21?/m0/s1. The van der Waals surface area contributed by atoms with Gasteiger partial charge in [0.15, 0.2) is 0 Å². The number of hydrogen-bond donors (Lipinski definition) is 0. The molecular formula is C20H29NO2SSi. The molecule has 5 heteroatoms. The maximum atomic E-state index is 13.2. The van der Waals surface area contributed by atoms with E-state index in [1.165, 1.54) is 19.3 Å². The van der Waals surface area contributed by atoms with Gasteiger partial charge in [-0.25, -0.2) is 8.42 Å². The van der Waals surface area contributed by atoms with Gasteiger partial charge < -0.3 is 0 Å². The Labute approximate surface area is 153 Å². The molecule has 3 rings (SSSR count). The summed E-state index contributed by atoms with van der Waals surface area (Å²) in [7, 11) is -4.97. The molecule has 0 bridgehead atoms. The van der Waals surface area contributed by atoms with Gasteiger partial charge in [-0.05, 0) is 37.8 Å². The lowest BCUT2D eigenvalue weighted by Gasteiger charge is -2.21. The van der Waals surface area contributed by atoms with Crippen LogP contribution in [0.4, 0.5) is 0 Å². The fraction of sp³-hybridized carbons (Fsp3) is 0.600. The van der Waals surface area contributed by atoms with E-state index in [2.05, 4.69) is 31.1 Å². The summed E-state index contributed by atoms with van der Waals surface area (Å²) in [6.07, 6.45) is 5.98. The van der Waals surface area contributed by atoms with Gasteiger partial charge in [0.05, 0.1) is 10.9 Å². The number of hydrogen-bond acceptors (Lipinski definition) is 2. The Kier molecular flexibility index (Phi) is 5.16. The molecule has 1 aliphatic carbocycles. The lowest BCUT2D eigenvalue weighted by atomic mass is 9.86. The number of rotatable bonds is 3. The van der Waals surface area contributed by atoms with Gasteiger partial charge in [0, 0.05) is 0 Å². The molecule has 0 amide bonds. The molecule has 3 nitrogen and oxygen atoms in total. The van der Waals surface area contributed by atoms with Crippen LogP contribution < -0.4 is 0 Å². The highest BCUT2D eigenvalue weighted by molar-refractivity contribution is 7.89. The van der Waals surface area contributed by atoms with E-state index in [4.69, 9.17) is 0 Å². The molecule has 1 aromatic carbocycles. The van der Waals surface area contributed by atoms with E-state index in [-0.39, 0.29) is 12.1 Å². The van der Waals surface area contributed by atoms with Crippen molar-refractivity contribution in [1.29, 1.82) is 0 Å². The molecule has 3 atom stereocenters. The van der Waals surface area contributed by atoms with E-state index in [1.807, 2.05) is 19.1 Å². The molecule has 136 valence electrons. The van der Waals surface area contributed by atoms with E-state index < -0.39 is 18.1 Å². The average Bonchev–Trinajstić information content (AvgIpc) is 3.29. The van der Waals surface area contributed by atoms with Crippen molar-refractivity contribution in [3.8, 4) is 11.5 Å². The minimum atomic E-state index is -3.45. The van der Waals surface area contributed by atoms with Crippen LogP contribution >= 0.6 is 0 Å². The molecule has 0 aromatic heterocycles. The number of benzene rings is 1. The van der Waals surface area contributed by atoms with Gasteiger partial charge in [0.25, 0.3) is 0 Å². The second kappa shape index (κ2) is 6.90. The second-order valence-corrected chi connectivity index (χ2v) is 15.1. The van der Waals surface area contributed by atoms with Crippen LogP contribution in [0.15, 0.2) is 29.2 Å². The lowest BCUT2D eigenvalue weighted by molar-refractivity contribution is 0.335. The Bertz CT molecular complexity index is 778. The minimum Gasteiger partial charge on any atom is -0.207 e. The van der Waals surface area contributed by atoms with Crippen molar-refractivity contribution in [3.63, 3.8) is 0 Å². The highest BCUT2D eigenvalue weighted by Gasteiger charge is 2.58. The van der Waals surface area contributed by atoms with Crippen LogP contribution in [0.5, 0.6) is 0 Å². The third-order valence-electron chi connectivity index (χ3n) is 5.13. The van der Waals surface area contributed by atoms with Crippen LogP contribution in [0.1, 0.15) is 37.7 Å². The number of nitrogens with zero attached hydrogens (tertiary/aromatic N) is 1. The SMILES string of the molecule is Cc1ccc(S(=O)(=O)N2[C@@H](C#C[Si](C)(C)C)[C@@H]2C2CCCCC2)cc1. The Balaban J connectivity index is 1.90. The Morgan fingerprint density at radius 3 is 2.20 bits per heavy atom. The smallest absolute Gasteiger partial charge is 0.207 e. The normalized spacial score (nSPS) is 27.4. The summed E-state index contributed by atoms with van der Waals surface area (Å²) in [5.41, 5.74) is 4.47. The molecule has 2 fully saturated rings. The maximum Gasteiger partial charge on any atom is 0.244 e. The Morgan fingerprint density at radius 1 is 1.04 bits per heavy atom. The Hall–Kier alpha value is -1.09. The quantitative estimate of drug-likeness (QED) is 0.451. The van der Waals surface area contributed by atoms with Gasteiger partial charge in [-0.3, -0.25) is 0 Å². The van der Waals surface area contributed by atoms with Gasteiger partial charge >= 0.3 is 0 Å². The molecule has 2 aliphatic rings. The zero-order chi connectivity index (χ0) is 18.2. The van der Waals surface area contributed by atoms with Crippen molar-refractivity contribution in [2.24, 2.45) is 5.92 Å². The molecule has 1 saturated heterocycles. The van der Waals surface area contributed by atoms with Gasteiger partial charge in [0.1, 0.15) is 14.1 Å². The maximum absolute atomic E-state index is 13.2. The van der Waals surface area contributed by atoms with Gasteiger partial charge in [-0.15, -0.1) is 5.54 Å². The summed E-state index contributed by atoms with van der Waals surface area (Å²) in [5.74, 6) is 3.81. The third kappa shape index (κ3) is 4.19. The molecule has 25 heavy (non-hydrogen) atoms. The lowest BCUT2D eigenvalue weighted by Crippen LogP contribution is -2.21. The molecule has 0 N–H and O–H groups in total. The van der Waals surface area contributed by atoms with Crippen LogP contribution in [0.2, 0.25) is 19.6 Å². The van der Waals surface area contributed by atoms with Crippen LogP contribution in [0, 0.1) is 24.3 Å². The highest BCUT2D eigenvalue weighted by atomic mass is 32.2. The summed E-state index contributed by atoms with van der Waals surface area (Å²) >= 11 is 0. The summed E-state index contributed by atoms with van der Waals surface area (Å²) in [6.45, 7) is 8.59. The van der Waals surface area contributed by atoms with Crippen LogP contribution in [0.3, 0.4) is 0 Å². The zero-order valence-electron chi connectivity index (χ0n) is 15.7. The van der Waals surface area contributed by atoms with E-state index >= 15 is 0 Å². The molecule has 0 radical (unpaired) electrons. The first-order valence-corrected chi connectivity index (χ1v) is 14.3. The summed E-state index contributed by atoms with van der Waals surface area (Å²) in [6, 6.07) is 7.15. The van der Waals surface area contributed by atoms with E-state index in [1.54, 1.807) is 16.4 Å². The number of aryl methyl sites for hydroxylation is 1. The van der Waals surface area contributed by atoms with E-state index in [0.717, 1.165) is 18.4 Å². The topological polar surface area (TPSA) is 37.1 Å². The number of sulfonamides is 1.